The number of ether oxygens (including phenoxy) is 1. The summed E-state index contributed by atoms with van der Waals surface area (Å²) in [6.45, 7) is 9.06. The number of furan rings is 1. The summed E-state index contributed by atoms with van der Waals surface area (Å²) >= 11 is 9.53. The SMILES string of the molecule is CC(C)(C)OC(=O)NCc1ccc(Br)cc1.CC(O)(C(=O)O)c1cccc(Br)c1.Cc1ccc2ccccc2c1C(=O)O.FC(F)(F)c1ccc(CBr)o1.[H-].[Na+]. The summed E-state index contributed by atoms with van der Waals surface area (Å²) < 4.78 is 46.8. The number of hydrogen-bond acceptors (Lipinski definition) is 6. The third-order valence-electron chi connectivity index (χ3n) is 6.98. The number of carbonyl (C=O) groups is 3. The Hall–Kier alpha value is -3.18. The van der Waals surface area contributed by atoms with Crippen LogP contribution in [0.25, 0.3) is 10.8 Å². The molecular weight excluding hydrogens is 930 g/mol. The van der Waals surface area contributed by atoms with Gasteiger partial charge in [0, 0.05) is 15.5 Å². The van der Waals surface area contributed by atoms with Gasteiger partial charge in [-0.1, -0.05) is 108 Å². The first-order valence-electron chi connectivity index (χ1n) is 15.9. The van der Waals surface area contributed by atoms with Gasteiger partial charge in [0.25, 0.3) is 0 Å². The van der Waals surface area contributed by atoms with Crippen LogP contribution in [0.5, 0.6) is 0 Å². The van der Waals surface area contributed by atoms with Crippen molar-refractivity contribution in [3.05, 3.63) is 140 Å². The van der Waals surface area contributed by atoms with Crippen LogP contribution in [0.3, 0.4) is 0 Å². The van der Waals surface area contributed by atoms with E-state index in [9.17, 15) is 32.7 Å². The van der Waals surface area contributed by atoms with E-state index >= 15 is 0 Å². The second kappa shape index (κ2) is 22.5. The number of aliphatic carboxylic acids is 1. The summed E-state index contributed by atoms with van der Waals surface area (Å²) in [4.78, 5) is 33.1. The molecule has 292 valence electrons. The zero-order valence-electron chi connectivity index (χ0n) is 31.8. The minimum absolute atomic E-state index is 0. The normalized spacial score (nSPS) is 11.8. The number of alkyl carbamates (subject to hydrolysis) is 1. The fourth-order valence-corrected chi connectivity index (χ4v) is 5.24. The number of aromatic carboxylic acids is 1. The van der Waals surface area contributed by atoms with Crippen molar-refractivity contribution in [2.24, 2.45) is 0 Å². The Balaban J connectivity index is 0.000000717. The van der Waals surface area contributed by atoms with Gasteiger partial charge in [0.2, 0.25) is 5.76 Å². The first-order valence-corrected chi connectivity index (χ1v) is 18.6. The molecule has 0 aliphatic rings. The molecule has 55 heavy (non-hydrogen) atoms. The third-order valence-corrected chi connectivity index (χ3v) is 8.55. The molecular formula is C39H40Br3F3NNaO8. The van der Waals surface area contributed by atoms with Crippen molar-refractivity contribution in [1.82, 2.24) is 5.32 Å². The molecule has 1 aromatic heterocycles. The van der Waals surface area contributed by atoms with E-state index in [1.165, 1.54) is 13.0 Å². The van der Waals surface area contributed by atoms with Crippen LogP contribution in [0.2, 0.25) is 0 Å². The molecule has 9 nitrogen and oxygen atoms in total. The number of aryl methyl sites for hydroxylation is 1. The van der Waals surface area contributed by atoms with E-state index in [4.69, 9.17) is 14.9 Å². The van der Waals surface area contributed by atoms with Crippen LogP contribution in [0.15, 0.2) is 110 Å². The molecule has 1 amide bonds. The van der Waals surface area contributed by atoms with E-state index in [-0.39, 0.29) is 36.7 Å². The van der Waals surface area contributed by atoms with Gasteiger partial charge in [0.15, 0.2) is 5.60 Å². The van der Waals surface area contributed by atoms with Gasteiger partial charge in [-0.2, -0.15) is 13.2 Å². The smallest absolute Gasteiger partial charge is 1.00 e. The maximum Gasteiger partial charge on any atom is 1.00 e. The van der Waals surface area contributed by atoms with Crippen molar-refractivity contribution < 1.29 is 83.0 Å². The monoisotopic (exact) mass is 967 g/mol. The van der Waals surface area contributed by atoms with Crippen LogP contribution in [-0.4, -0.2) is 39.0 Å². The Morgan fingerprint density at radius 3 is 1.95 bits per heavy atom. The Morgan fingerprint density at radius 2 is 1.45 bits per heavy atom. The number of nitrogens with one attached hydrogen (secondary N) is 1. The molecule has 1 atom stereocenters. The molecule has 0 fully saturated rings. The Labute approximate surface area is 365 Å². The maximum atomic E-state index is 11.8. The minimum atomic E-state index is -4.37. The number of amides is 1. The summed E-state index contributed by atoms with van der Waals surface area (Å²) in [5.74, 6) is -2.80. The number of halogens is 6. The van der Waals surface area contributed by atoms with Crippen LogP contribution in [-0.2, 0) is 33.2 Å². The maximum absolute atomic E-state index is 11.8. The van der Waals surface area contributed by atoms with Crippen molar-refractivity contribution >= 4 is 76.6 Å². The summed E-state index contributed by atoms with van der Waals surface area (Å²) in [5.41, 5.74) is 0.316. The van der Waals surface area contributed by atoms with E-state index in [1.54, 1.807) is 24.3 Å². The number of rotatable bonds is 6. The Kier molecular flexibility index (Phi) is 20.4. The fourth-order valence-electron chi connectivity index (χ4n) is 4.27. The number of fused-ring (bicyclic) bond motifs is 1. The number of aliphatic hydroxyl groups is 1. The van der Waals surface area contributed by atoms with Gasteiger partial charge in [0.1, 0.15) is 11.4 Å². The predicted molar refractivity (Wildman–Crippen MR) is 212 cm³/mol. The van der Waals surface area contributed by atoms with Crippen molar-refractivity contribution in [3.63, 3.8) is 0 Å². The molecule has 4 aromatic carbocycles. The number of carboxylic acid groups (broad SMARTS) is 2. The molecule has 0 aliphatic carbocycles. The Morgan fingerprint density at radius 1 is 0.836 bits per heavy atom. The van der Waals surface area contributed by atoms with Crippen molar-refractivity contribution in [2.45, 2.75) is 63.9 Å². The largest absolute Gasteiger partial charge is 1.00 e. The van der Waals surface area contributed by atoms with Gasteiger partial charge in [-0.25, -0.2) is 14.4 Å². The molecule has 4 N–H and O–H groups in total. The molecule has 0 spiro atoms. The summed E-state index contributed by atoms with van der Waals surface area (Å²) in [5, 5.41) is 32.1. The summed E-state index contributed by atoms with van der Waals surface area (Å²) in [7, 11) is 0. The van der Waals surface area contributed by atoms with Gasteiger partial charge in [-0.3, -0.25) is 0 Å². The van der Waals surface area contributed by atoms with E-state index in [0.29, 0.717) is 23.0 Å². The average Bonchev–Trinajstić information content (AvgIpc) is 3.59. The summed E-state index contributed by atoms with van der Waals surface area (Å²) in [6.07, 6.45) is -4.77. The summed E-state index contributed by atoms with van der Waals surface area (Å²) in [6, 6.07) is 27.9. The second-order valence-corrected chi connectivity index (χ2v) is 14.9. The molecule has 16 heteroatoms. The molecule has 0 saturated carbocycles. The zero-order valence-corrected chi connectivity index (χ0v) is 37.6. The van der Waals surface area contributed by atoms with Crippen LogP contribution in [0, 0.1) is 6.92 Å². The molecule has 0 aliphatic heterocycles. The predicted octanol–water partition coefficient (Wildman–Crippen LogP) is 8.37. The van der Waals surface area contributed by atoms with Crippen molar-refractivity contribution in [1.29, 1.82) is 0 Å². The van der Waals surface area contributed by atoms with Crippen LogP contribution >= 0.6 is 47.8 Å². The first-order chi connectivity index (χ1) is 25.0. The van der Waals surface area contributed by atoms with E-state index < -0.39 is 41.2 Å². The third kappa shape index (κ3) is 17.2. The van der Waals surface area contributed by atoms with Gasteiger partial charge in [-0.15, -0.1) is 0 Å². The molecule has 1 heterocycles. The molecule has 0 radical (unpaired) electrons. The number of alkyl halides is 4. The van der Waals surface area contributed by atoms with Crippen LogP contribution < -0.4 is 34.9 Å². The van der Waals surface area contributed by atoms with Crippen LogP contribution in [0.4, 0.5) is 18.0 Å². The number of hydrogen-bond donors (Lipinski definition) is 4. The second-order valence-electron chi connectivity index (χ2n) is 12.6. The fraction of sp³-hybridized carbons (Fsp3) is 0.256. The van der Waals surface area contributed by atoms with Crippen molar-refractivity contribution in [3.8, 4) is 0 Å². The minimum Gasteiger partial charge on any atom is -1.00 e. The average molecular weight is 970 g/mol. The standard InChI is InChI=1S/C12H16BrNO2.C12H10O2.C9H9BrO3.C6H4BrF3O.Na.H/c1-12(2,3)16-11(15)14-8-9-4-6-10(13)7-5-9;1-8-6-7-9-4-2-3-5-10(9)11(8)12(13)14;1-9(13,8(11)12)6-3-2-4-7(10)5-6;7-3-4-1-2-5(11-4)6(8,9)10;;/h4-7H,8H2,1-3H3,(H,14,15);2-7H,1H3,(H,13,14);2-5,13H,1H3,(H,11,12);1-2H,3H2;;/q;;;;+1;-1. The molecule has 5 rings (SSSR count). The van der Waals surface area contributed by atoms with Gasteiger partial charge in [-0.05, 0) is 98.5 Å². The first kappa shape index (κ1) is 49.8. The molecule has 5 aromatic rings. The quantitative estimate of drug-likeness (QED) is 0.0982. The van der Waals surface area contributed by atoms with Crippen LogP contribution in [0.1, 0.15) is 67.7 Å². The molecule has 1 unspecified atom stereocenters. The topological polar surface area (TPSA) is 146 Å². The zero-order chi connectivity index (χ0) is 40.9. The van der Waals surface area contributed by atoms with Crippen molar-refractivity contribution in [2.75, 3.05) is 0 Å². The van der Waals surface area contributed by atoms with Gasteiger partial charge < -0.3 is 31.2 Å². The number of carboxylic acids is 2. The van der Waals surface area contributed by atoms with E-state index in [2.05, 4.69) is 57.5 Å². The Bertz CT molecular complexity index is 2020. The van der Waals surface area contributed by atoms with E-state index in [0.717, 1.165) is 36.9 Å². The number of carbonyl (C=O) groups excluding carboxylic acids is 1. The van der Waals surface area contributed by atoms with Gasteiger partial charge >= 0.3 is 53.8 Å². The molecule has 0 saturated heterocycles. The molecule has 0 bridgehead atoms. The number of benzene rings is 4. The van der Waals surface area contributed by atoms with E-state index in [1.807, 2.05) is 88.4 Å². The van der Waals surface area contributed by atoms with Gasteiger partial charge in [0.05, 0.1) is 10.9 Å².